The first-order valence-corrected chi connectivity index (χ1v) is 10.8. The molecule has 32 heavy (non-hydrogen) atoms. The predicted molar refractivity (Wildman–Crippen MR) is 116 cm³/mol. The van der Waals surface area contributed by atoms with Crippen LogP contribution in [-0.4, -0.2) is 48.8 Å². The summed E-state index contributed by atoms with van der Waals surface area (Å²) in [7, 11) is 3.79. The van der Waals surface area contributed by atoms with Gasteiger partial charge in [0.15, 0.2) is 0 Å². The minimum atomic E-state index is -4.39. The Kier molecular flexibility index (Phi) is 6.93. The number of likely N-dealkylation sites (N-methyl/N-ethyl adjacent to an activating group) is 1. The second-order valence-electron chi connectivity index (χ2n) is 9.10. The molecule has 0 aliphatic heterocycles. The van der Waals surface area contributed by atoms with Gasteiger partial charge >= 0.3 is 6.18 Å². The Hall–Kier alpha value is -2.48. The van der Waals surface area contributed by atoms with E-state index in [2.05, 4.69) is 5.32 Å². The second kappa shape index (κ2) is 9.17. The van der Waals surface area contributed by atoms with Crippen molar-refractivity contribution < 1.29 is 27.5 Å². The molecule has 5 nitrogen and oxygen atoms in total. The Morgan fingerprint density at radius 1 is 1.22 bits per heavy atom. The average molecular weight is 453 g/mol. The summed E-state index contributed by atoms with van der Waals surface area (Å²) in [6.07, 6.45) is -4.01. The van der Waals surface area contributed by atoms with Crippen LogP contribution in [0, 0.1) is 19.3 Å². The van der Waals surface area contributed by atoms with Crippen molar-refractivity contribution in [3.63, 3.8) is 0 Å². The number of furan rings is 1. The highest BCUT2D eigenvalue weighted by Gasteiger charge is 2.68. The summed E-state index contributed by atoms with van der Waals surface area (Å²) in [5, 5.41) is 12.4. The van der Waals surface area contributed by atoms with Crippen molar-refractivity contribution in [2.24, 2.45) is 5.41 Å². The third-order valence-electron chi connectivity index (χ3n) is 6.56. The molecule has 1 aromatic heterocycles. The maximum atomic E-state index is 13.8. The maximum Gasteiger partial charge on any atom is 0.395 e. The number of amides is 1. The van der Waals surface area contributed by atoms with Gasteiger partial charge in [0.05, 0.1) is 5.41 Å². The summed E-state index contributed by atoms with van der Waals surface area (Å²) in [5.74, 6) is -0.516. The number of hydrogen-bond acceptors (Lipinski definition) is 4. The van der Waals surface area contributed by atoms with Crippen LogP contribution in [0.25, 0.3) is 0 Å². The zero-order valence-electron chi connectivity index (χ0n) is 18.9. The lowest BCUT2D eigenvalue weighted by atomic mass is 9.83. The van der Waals surface area contributed by atoms with Gasteiger partial charge in [0.25, 0.3) is 0 Å². The molecule has 0 spiro atoms. The van der Waals surface area contributed by atoms with E-state index >= 15 is 0 Å². The van der Waals surface area contributed by atoms with Crippen LogP contribution in [0.15, 0.2) is 34.7 Å². The molecule has 176 valence electrons. The van der Waals surface area contributed by atoms with Crippen LogP contribution in [0.5, 0.6) is 5.75 Å². The molecule has 1 heterocycles. The van der Waals surface area contributed by atoms with Crippen LogP contribution in [0.1, 0.15) is 47.8 Å². The largest absolute Gasteiger partial charge is 0.508 e. The van der Waals surface area contributed by atoms with E-state index in [9.17, 15) is 23.1 Å². The molecular formula is C24H31F3N2O3. The number of phenols is 1. The average Bonchev–Trinajstić information content (AvgIpc) is 3.40. The summed E-state index contributed by atoms with van der Waals surface area (Å²) in [4.78, 5) is 14.7. The van der Waals surface area contributed by atoms with E-state index in [1.165, 1.54) is 0 Å². The SMILES string of the molecule is Cc1ccc([C@H](CC(=O)NC[C@H](Cc2ccc(O)cc2C)N(C)C)C2(C(F)(F)F)CC2)o1. The van der Waals surface area contributed by atoms with E-state index in [1.54, 1.807) is 31.2 Å². The molecule has 1 aliphatic rings. The number of halogens is 3. The predicted octanol–water partition coefficient (Wildman–Crippen LogP) is 4.71. The van der Waals surface area contributed by atoms with Crippen LogP contribution >= 0.6 is 0 Å². The molecule has 1 amide bonds. The summed E-state index contributed by atoms with van der Waals surface area (Å²) in [5.41, 5.74) is 0.0876. The number of rotatable bonds is 9. The van der Waals surface area contributed by atoms with Crippen LogP contribution in [0.2, 0.25) is 0 Å². The minimum Gasteiger partial charge on any atom is -0.508 e. The van der Waals surface area contributed by atoms with E-state index in [4.69, 9.17) is 4.42 Å². The van der Waals surface area contributed by atoms with Crippen molar-refractivity contribution in [1.29, 1.82) is 0 Å². The molecule has 8 heteroatoms. The van der Waals surface area contributed by atoms with Gasteiger partial charge in [-0.1, -0.05) is 6.07 Å². The highest BCUT2D eigenvalue weighted by atomic mass is 19.4. The van der Waals surface area contributed by atoms with Crippen molar-refractivity contribution >= 4 is 5.91 Å². The molecule has 1 fully saturated rings. The fourth-order valence-electron chi connectivity index (χ4n) is 4.26. The number of carbonyl (C=O) groups excluding carboxylic acids is 1. The zero-order chi connectivity index (χ0) is 23.7. The van der Waals surface area contributed by atoms with Crippen molar-refractivity contribution in [3.8, 4) is 5.75 Å². The lowest BCUT2D eigenvalue weighted by Crippen LogP contribution is -2.42. The number of nitrogens with zero attached hydrogens (tertiary/aromatic N) is 1. The number of benzene rings is 1. The van der Waals surface area contributed by atoms with E-state index in [0.29, 0.717) is 18.7 Å². The summed E-state index contributed by atoms with van der Waals surface area (Å²) in [6.45, 7) is 3.89. The first kappa shape index (κ1) is 24.2. The number of nitrogens with one attached hydrogen (secondary N) is 1. The van der Waals surface area contributed by atoms with Gasteiger partial charge in [0.2, 0.25) is 5.91 Å². The van der Waals surface area contributed by atoms with Crippen molar-refractivity contribution in [2.45, 2.75) is 57.7 Å². The van der Waals surface area contributed by atoms with Crippen LogP contribution in [0.3, 0.4) is 0 Å². The van der Waals surface area contributed by atoms with Crippen molar-refractivity contribution in [2.75, 3.05) is 20.6 Å². The number of aromatic hydroxyl groups is 1. The number of aryl methyl sites for hydroxylation is 2. The smallest absolute Gasteiger partial charge is 0.395 e. The highest BCUT2D eigenvalue weighted by Crippen LogP contribution is 2.66. The van der Waals surface area contributed by atoms with Crippen molar-refractivity contribution in [3.05, 3.63) is 53.0 Å². The summed E-state index contributed by atoms with van der Waals surface area (Å²) >= 11 is 0. The molecule has 2 atom stereocenters. The first-order valence-electron chi connectivity index (χ1n) is 10.8. The van der Waals surface area contributed by atoms with Crippen LogP contribution in [-0.2, 0) is 11.2 Å². The van der Waals surface area contributed by atoms with Gasteiger partial charge < -0.3 is 19.7 Å². The number of alkyl halides is 3. The fourth-order valence-corrected chi connectivity index (χ4v) is 4.26. The van der Waals surface area contributed by atoms with E-state index in [-0.39, 0.29) is 36.8 Å². The van der Waals surface area contributed by atoms with E-state index < -0.39 is 23.4 Å². The molecule has 2 aromatic rings. The Morgan fingerprint density at radius 3 is 2.41 bits per heavy atom. The van der Waals surface area contributed by atoms with Crippen LogP contribution < -0.4 is 5.32 Å². The molecule has 1 saturated carbocycles. The number of phenolic OH excluding ortho intramolecular Hbond substituents is 1. The lowest BCUT2D eigenvalue weighted by molar-refractivity contribution is -0.196. The zero-order valence-corrected chi connectivity index (χ0v) is 18.9. The third-order valence-corrected chi connectivity index (χ3v) is 6.56. The quantitative estimate of drug-likeness (QED) is 0.579. The van der Waals surface area contributed by atoms with Gasteiger partial charge in [0.1, 0.15) is 17.3 Å². The van der Waals surface area contributed by atoms with Crippen molar-refractivity contribution in [1.82, 2.24) is 10.2 Å². The number of carbonyl (C=O) groups is 1. The first-order chi connectivity index (χ1) is 14.9. The Balaban J connectivity index is 1.69. The van der Waals surface area contributed by atoms with Gasteiger partial charge in [0, 0.05) is 24.9 Å². The summed E-state index contributed by atoms with van der Waals surface area (Å²) < 4.78 is 47.0. The highest BCUT2D eigenvalue weighted by molar-refractivity contribution is 5.77. The minimum absolute atomic E-state index is 0.00858. The topological polar surface area (TPSA) is 65.7 Å². The normalized spacial score (nSPS) is 17.2. The molecule has 1 aromatic carbocycles. The van der Waals surface area contributed by atoms with Gasteiger partial charge in [-0.2, -0.15) is 13.2 Å². The second-order valence-corrected chi connectivity index (χ2v) is 9.10. The van der Waals surface area contributed by atoms with Crippen LogP contribution in [0.4, 0.5) is 13.2 Å². The molecule has 3 rings (SSSR count). The molecule has 0 saturated heterocycles. The van der Waals surface area contributed by atoms with E-state index in [0.717, 1.165) is 11.1 Å². The molecule has 0 bridgehead atoms. The Morgan fingerprint density at radius 2 is 1.91 bits per heavy atom. The molecule has 1 aliphatic carbocycles. The maximum absolute atomic E-state index is 13.8. The van der Waals surface area contributed by atoms with E-state index in [1.807, 2.05) is 32.0 Å². The fraction of sp³-hybridized carbons (Fsp3) is 0.542. The van der Waals surface area contributed by atoms with Gasteiger partial charge in [-0.25, -0.2) is 0 Å². The summed E-state index contributed by atoms with van der Waals surface area (Å²) in [6, 6.07) is 8.28. The molecule has 2 N–H and O–H groups in total. The van der Waals surface area contributed by atoms with Gasteiger partial charge in [-0.3, -0.25) is 4.79 Å². The van der Waals surface area contributed by atoms with Gasteiger partial charge in [-0.15, -0.1) is 0 Å². The molecule has 0 radical (unpaired) electrons. The standard InChI is InChI=1S/C24H31F3N2O3/c1-15-11-19(30)7-6-17(15)12-18(29(3)4)14-28-22(31)13-20(21-8-5-16(2)32-21)23(9-10-23)24(25,26)27/h5-8,11,18,20,30H,9-10,12-14H2,1-4H3,(H,28,31)/t18-,20-/m0/s1. The number of hydrogen-bond donors (Lipinski definition) is 2. The monoisotopic (exact) mass is 452 g/mol. The Bertz CT molecular complexity index is 948. The third kappa shape index (κ3) is 5.28. The molecular weight excluding hydrogens is 421 g/mol. The lowest BCUT2D eigenvalue weighted by Gasteiger charge is -2.28. The van der Waals surface area contributed by atoms with Gasteiger partial charge in [-0.05, 0) is 82.6 Å². The molecule has 0 unspecified atom stereocenters. The Labute approximate surface area is 186 Å².